The molecule has 1 atom stereocenters. The van der Waals surface area contributed by atoms with Crippen LogP contribution >= 0.6 is 0 Å². The standard InChI is InChI=1S/C32H31NO6/c1-32(2,3)22-9-6-19(7-10-22)28-27(29(34)21-8-12-24-20(17-21)5-4-14-37-24)30(35)31(36)33(28)23-11-13-25-26(18-23)39-16-15-38-25/h6-13,17-18,28,34H,4-5,14-16H2,1-3H3/b29-27+. The van der Waals surface area contributed by atoms with E-state index in [9.17, 15) is 14.7 Å². The van der Waals surface area contributed by atoms with Crippen LogP contribution in [0.2, 0.25) is 0 Å². The highest BCUT2D eigenvalue weighted by molar-refractivity contribution is 6.51. The van der Waals surface area contributed by atoms with Crippen LogP contribution in [0.1, 0.15) is 55.5 Å². The van der Waals surface area contributed by atoms with E-state index in [0.717, 1.165) is 35.3 Å². The van der Waals surface area contributed by atoms with Crippen LogP contribution in [-0.4, -0.2) is 36.6 Å². The summed E-state index contributed by atoms with van der Waals surface area (Å²) in [5, 5.41) is 11.6. The maximum atomic E-state index is 13.6. The lowest BCUT2D eigenvalue weighted by Gasteiger charge is -2.28. The molecule has 3 aromatic carbocycles. The van der Waals surface area contributed by atoms with Gasteiger partial charge in [-0.1, -0.05) is 45.0 Å². The lowest BCUT2D eigenvalue weighted by Crippen LogP contribution is -2.29. The van der Waals surface area contributed by atoms with Crippen LogP contribution in [0.3, 0.4) is 0 Å². The van der Waals surface area contributed by atoms with Crippen molar-refractivity contribution in [3.8, 4) is 17.2 Å². The maximum absolute atomic E-state index is 13.6. The van der Waals surface area contributed by atoms with Gasteiger partial charge in [-0.15, -0.1) is 0 Å². The molecule has 7 heteroatoms. The number of aliphatic hydroxyl groups is 1. The fourth-order valence-electron chi connectivity index (χ4n) is 5.42. The number of aliphatic hydroxyl groups excluding tert-OH is 1. The Balaban J connectivity index is 1.51. The lowest BCUT2D eigenvalue weighted by molar-refractivity contribution is -0.132. The molecule has 1 amide bonds. The van der Waals surface area contributed by atoms with E-state index in [1.54, 1.807) is 24.3 Å². The maximum Gasteiger partial charge on any atom is 0.300 e. The van der Waals surface area contributed by atoms with Crippen molar-refractivity contribution >= 4 is 23.1 Å². The smallest absolute Gasteiger partial charge is 0.300 e. The van der Waals surface area contributed by atoms with Gasteiger partial charge in [-0.25, -0.2) is 0 Å². The second-order valence-corrected chi connectivity index (χ2v) is 11.1. The molecule has 0 bridgehead atoms. The largest absolute Gasteiger partial charge is 0.507 e. The first kappa shape index (κ1) is 25.0. The Hall–Kier alpha value is -4.26. The third-order valence-electron chi connectivity index (χ3n) is 7.52. The number of aryl methyl sites for hydroxylation is 1. The highest BCUT2D eigenvalue weighted by Gasteiger charge is 2.47. The molecule has 0 spiro atoms. The van der Waals surface area contributed by atoms with E-state index in [1.807, 2.05) is 36.4 Å². The predicted molar refractivity (Wildman–Crippen MR) is 148 cm³/mol. The number of carbonyl (C=O) groups excluding carboxylic acids is 2. The number of benzene rings is 3. The minimum atomic E-state index is -0.825. The first-order valence-corrected chi connectivity index (χ1v) is 13.3. The van der Waals surface area contributed by atoms with Crippen LogP contribution in [-0.2, 0) is 21.4 Å². The van der Waals surface area contributed by atoms with Gasteiger partial charge in [-0.05, 0) is 65.3 Å². The van der Waals surface area contributed by atoms with Crippen molar-refractivity contribution < 1.29 is 28.9 Å². The normalized spacial score (nSPS) is 20.0. The van der Waals surface area contributed by atoms with E-state index >= 15 is 0 Å². The molecule has 39 heavy (non-hydrogen) atoms. The van der Waals surface area contributed by atoms with Gasteiger partial charge in [0.1, 0.15) is 24.7 Å². The Kier molecular flexibility index (Phi) is 6.09. The number of hydrogen-bond donors (Lipinski definition) is 1. The second-order valence-electron chi connectivity index (χ2n) is 11.1. The van der Waals surface area contributed by atoms with Crippen molar-refractivity contribution in [3.05, 3.63) is 88.5 Å². The zero-order valence-electron chi connectivity index (χ0n) is 22.3. The van der Waals surface area contributed by atoms with Gasteiger partial charge in [-0.2, -0.15) is 0 Å². The first-order valence-electron chi connectivity index (χ1n) is 13.3. The molecule has 0 radical (unpaired) electrons. The average Bonchev–Trinajstić information content (AvgIpc) is 3.21. The predicted octanol–water partition coefficient (Wildman–Crippen LogP) is 5.71. The van der Waals surface area contributed by atoms with Crippen LogP contribution < -0.4 is 19.1 Å². The number of fused-ring (bicyclic) bond motifs is 2. The van der Waals surface area contributed by atoms with Gasteiger partial charge in [0.2, 0.25) is 0 Å². The Morgan fingerprint density at radius 3 is 2.28 bits per heavy atom. The number of hydrogen-bond acceptors (Lipinski definition) is 6. The summed E-state index contributed by atoms with van der Waals surface area (Å²) in [4.78, 5) is 28.6. The quantitative estimate of drug-likeness (QED) is 0.268. The number of rotatable bonds is 3. The van der Waals surface area contributed by atoms with Crippen LogP contribution in [0.5, 0.6) is 17.2 Å². The van der Waals surface area contributed by atoms with Crippen molar-refractivity contribution in [2.24, 2.45) is 0 Å². The number of Topliss-reactive ketones (excluding diaryl/α,β-unsaturated/α-hetero) is 1. The number of anilines is 1. The summed E-state index contributed by atoms with van der Waals surface area (Å²) in [6, 6.07) is 17.6. The molecular formula is C32H31NO6. The van der Waals surface area contributed by atoms with Crippen molar-refractivity contribution in [2.45, 2.75) is 45.1 Å². The van der Waals surface area contributed by atoms with Crippen LogP contribution in [0.4, 0.5) is 5.69 Å². The van der Waals surface area contributed by atoms with E-state index in [-0.39, 0.29) is 16.7 Å². The molecule has 1 saturated heterocycles. The van der Waals surface area contributed by atoms with E-state index in [2.05, 4.69) is 20.8 Å². The molecule has 0 aliphatic carbocycles. The van der Waals surface area contributed by atoms with Crippen LogP contribution in [0, 0.1) is 0 Å². The molecule has 0 aromatic heterocycles. The topological polar surface area (TPSA) is 85.3 Å². The summed E-state index contributed by atoms with van der Waals surface area (Å²) in [7, 11) is 0. The Labute approximate surface area is 227 Å². The van der Waals surface area contributed by atoms with E-state index < -0.39 is 17.7 Å². The molecule has 7 nitrogen and oxygen atoms in total. The number of amides is 1. The van der Waals surface area contributed by atoms with Crippen molar-refractivity contribution in [3.63, 3.8) is 0 Å². The second kappa shape index (κ2) is 9.49. The van der Waals surface area contributed by atoms with Crippen LogP contribution in [0.15, 0.2) is 66.2 Å². The fourth-order valence-corrected chi connectivity index (χ4v) is 5.42. The van der Waals surface area contributed by atoms with E-state index in [4.69, 9.17) is 14.2 Å². The average molecular weight is 526 g/mol. The third-order valence-corrected chi connectivity index (χ3v) is 7.52. The van der Waals surface area contributed by atoms with Gasteiger partial charge in [0.15, 0.2) is 11.5 Å². The zero-order valence-corrected chi connectivity index (χ0v) is 22.3. The Morgan fingerprint density at radius 1 is 0.846 bits per heavy atom. The summed E-state index contributed by atoms with van der Waals surface area (Å²) in [5.74, 6) is 0.234. The monoisotopic (exact) mass is 525 g/mol. The zero-order chi connectivity index (χ0) is 27.3. The van der Waals surface area contributed by atoms with Gasteiger partial charge in [0.25, 0.3) is 11.7 Å². The summed E-state index contributed by atoms with van der Waals surface area (Å²) >= 11 is 0. The number of ketones is 1. The van der Waals surface area contributed by atoms with Crippen molar-refractivity contribution in [1.29, 1.82) is 0 Å². The summed E-state index contributed by atoms with van der Waals surface area (Å²) in [5.41, 5.74) is 3.77. The third kappa shape index (κ3) is 4.42. The van der Waals surface area contributed by atoms with Gasteiger partial charge >= 0.3 is 0 Å². The summed E-state index contributed by atoms with van der Waals surface area (Å²) < 4.78 is 17.1. The molecule has 0 saturated carbocycles. The number of carbonyl (C=O) groups is 2. The summed E-state index contributed by atoms with van der Waals surface area (Å²) in [6.07, 6.45) is 1.70. The Morgan fingerprint density at radius 2 is 1.54 bits per heavy atom. The van der Waals surface area contributed by atoms with Crippen LogP contribution in [0.25, 0.3) is 5.76 Å². The number of ether oxygens (including phenoxy) is 3. The van der Waals surface area contributed by atoms with Gasteiger partial charge < -0.3 is 19.3 Å². The highest BCUT2D eigenvalue weighted by atomic mass is 16.6. The van der Waals surface area contributed by atoms with Gasteiger partial charge in [-0.3, -0.25) is 14.5 Å². The molecule has 3 aromatic rings. The SMILES string of the molecule is CC(C)(C)c1ccc(C2/C(=C(\O)c3ccc4c(c3)CCCO4)C(=O)C(=O)N2c2ccc3c(c2)OCCO3)cc1. The van der Waals surface area contributed by atoms with Gasteiger partial charge in [0.05, 0.1) is 18.2 Å². The highest BCUT2D eigenvalue weighted by Crippen LogP contribution is 2.45. The molecular weight excluding hydrogens is 494 g/mol. The minimum Gasteiger partial charge on any atom is -0.507 e. The molecule has 1 fully saturated rings. The Bertz CT molecular complexity index is 1500. The molecule has 200 valence electrons. The van der Waals surface area contributed by atoms with Crippen molar-refractivity contribution in [2.75, 3.05) is 24.7 Å². The first-order chi connectivity index (χ1) is 18.7. The van der Waals surface area contributed by atoms with Gasteiger partial charge in [0, 0.05) is 17.3 Å². The molecule has 6 rings (SSSR count). The lowest BCUT2D eigenvalue weighted by atomic mass is 9.85. The minimum absolute atomic E-state index is 0.0510. The molecule has 3 aliphatic heterocycles. The molecule has 1 unspecified atom stereocenters. The fraction of sp³-hybridized carbons (Fsp3) is 0.312. The molecule has 3 aliphatic rings. The molecule has 3 heterocycles. The molecule has 1 N–H and O–H groups in total. The van der Waals surface area contributed by atoms with E-state index in [0.29, 0.717) is 42.6 Å². The summed E-state index contributed by atoms with van der Waals surface area (Å²) in [6.45, 7) is 7.89. The van der Waals surface area contributed by atoms with Crippen molar-refractivity contribution in [1.82, 2.24) is 0 Å². The number of nitrogens with zero attached hydrogens (tertiary/aromatic N) is 1. The van der Waals surface area contributed by atoms with E-state index in [1.165, 1.54) is 4.90 Å².